The summed E-state index contributed by atoms with van der Waals surface area (Å²) in [6.45, 7) is -0.326. The second-order valence-corrected chi connectivity index (χ2v) is 17.5. The van der Waals surface area contributed by atoms with Crippen molar-refractivity contribution in [1.82, 2.24) is 15.0 Å². The molecule has 1 aromatic heterocycles. The third-order valence-corrected chi connectivity index (χ3v) is 12.3. The maximum Gasteiger partial charge on any atom is 1.00 e. The van der Waals surface area contributed by atoms with E-state index in [1.165, 1.54) is 48.5 Å². The van der Waals surface area contributed by atoms with Crippen LogP contribution in [-0.2, 0) is 53.0 Å². The molecule has 0 saturated carbocycles. The molecule has 6 rings (SSSR count). The van der Waals surface area contributed by atoms with Crippen LogP contribution in [-0.4, -0.2) is 66.8 Å². The van der Waals surface area contributed by atoms with E-state index in [4.69, 9.17) is 4.18 Å². The van der Waals surface area contributed by atoms with Gasteiger partial charge >= 0.3 is 124 Å². The predicted molar refractivity (Wildman–Crippen MR) is 198 cm³/mol. The Morgan fingerprint density at radius 1 is 0.719 bits per heavy atom. The first-order valence-corrected chi connectivity index (χ1v) is 21.7. The fourth-order valence-electron chi connectivity index (χ4n) is 5.39. The number of sulfone groups is 1. The number of halogens is 1. The third-order valence-electron chi connectivity index (χ3n) is 7.80. The van der Waals surface area contributed by atoms with Crippen molar-refractivity contribution in [3.63, 3.8) is 0 Å². The number of fused-ring (bicyclic) bond motifs is 2. The first kappa shape index (κ1) is 58.9. The molecule has 316 valence electrons. The van der Waals surface area contributed by atoms with Gasteiger partial charge in [-0.25, -0.2) is 25.3 Å². The molecule has 0 saturated heterocycles. The van der Waals surface area contributed by atoms with Gasteiger partial charge in [0.2, 0.25) is 11.9 Å². The molecule has 0 bridgehead atoms. The Hall–Kier alpha value is -1.25. The van der Waals surface area contributed by atoms with E-state index in [9.17, 15) is 54.4 Å². The number of hydrogen-bond acceptors (Lipinski definition) is 25. The third kappa shape index (κ3) is 15.1. The number of benzene rings is 5. The van der Waals surface area contributed by atoms with Crippen molar-refractivity contribution in [2.45, 2.75) is 19.6 Å². The van der Waals surface area contributed by atoms with Gasteiger partial charge in [0.15, 0.2) is 27.9 Å². The van der Waals surface area contributed by atoms with Gasteiger partial charge in [0.1, 0.15) is 31.6 Å². The monoisotopic (exact) mass is 1020 g/mol. The van der Waals surface area contributed by atoms with Gasteiger partial charge in [0.25, 0.3) is 0 Å². The van der Waals surface area contributed by atoms with E-state index in [0.29, 0.717) is 0 Å². The summed E-state index contributed by atoms with van der Waals surface area (Å²) in [4.78, 5) is 9.29. The number of phenols is 1. The molecule has 5 aromatic carbocycles. The van der Waals surface area contributed by atoms with Gasteiger partial charge < -0.3 is 35.4 Å². The van der Waals surface area contributed by atoms with E-state index >= 15 is 0 Å². The van der Waals surface area contributed by atoms with Crippen LogP contribution < -0.4 is 139 Å². The Bertz CT molecular complexity index is 2970. The second-order valence-electron chi connectivity index (χ2n) is 11.5. The molecule has 64 heavy (non-hydrogen) atoms. The SMILES string of the molecule is O=S(=O)([O-])c1cccc2c(S(=O)(=O)[O-])c(N=Nc3c(SOO[O-])cc4cc(Nc5nc(F)nc(Nc6ccc(S(=O)(=O)CCOSOO[O-])cc6)n5)ccc4c3O)ccc12.[Na+].[Na+].[Na+].[Na+]. The second kappa shape index (κ2) is 25.9. The van der Waals surface area contributed by atoms with Crippen LogP contribution in [0.2, 0.25) is 0 Å². The largest absolute Gasteiger partial charge is 1.00 e. The summed E-state index contributed by atoms with van der Waals surface area (Å²) in [7, 11) is -14.3. The molecule has 0 aliphatic heterocycles. The molecule has 0 unspecified atom stereocenters. The summed E-state index contributed by atoms with van der Waals surface area (Å²) in [5.41, 5.74) is -0.537. The van der Waals surface area contributed by atoms with Crippen molar-refractivity contribution in [2.75, 3.05) is 23.0 Å². The van der Waals surface area contributed by atoms with Crippen LogP contribution in [0.4, 0.5) is 39.0 Å². The van der Waals surface area contributed by atoms with E-state index in [1.807, 2.05) is 0 Å². The minimum Gasteiger partial charge on any atom is -0.744 e. The van der Waals surface area contributed by atoms with Gasteiger partial charge in [-0.1, -0.05) is 18.2 Å². The summed E-state index contributed by atoms with van der Waals surface area (Å²) in [5.74, 6) is -1.65. The Balaban J connectivity index is 0.00000352. The topological polar surface area (TPSA) is 348 Å². The number of aromatic nitrogens is 3. The molecular weight excluding hydrogens is 998 g/mol. The molecule has 0 fully saturated rings. The quantitative estimate of drug-likeness (QED) is 0.0137. The van der Waals surface area contributed by atoms with Gasteiger partial charge in [-0.15, -0.1) is 14.6 Å². The van der Waals surface area contributed by atoms with Crippen molar-refractivity contribution in [2.24, 2.45) is 10.2 Å². The molecular formula is C31H20FN7Na4O16S5. The fourth-order valence-corrected chi connectivity index (χ4v) is 8.79. The van der Waals surface area contributed by atoms with E-state index in [2.05, 4.69) is 54.6 Å². The normalized spacial score (nSPS) is 11.6. The Morgan fingerprint density at radius 2 is 1.34 bits per heavy atom. The molecule has 33 heteroatoms. The van der Waals surface area contributed by atoms with Crippen molar-refractivity contribution in [3.8, 4) is 5.75 Å². The number of phenolic OH excluding ortho intramolecular Hbond substituents is 1. The summed E-state index contributed by atoms with van der Waals surface area (Å²) in [5, 5.41) is 51.0. The van der Waals surface area contributed by atoms with Crippen LogP contribution in [0.3, 0.4) is 0 Å². The minimum atomic E-state index is -5.40. The summed E-state index contributed by atoms with van der Waals surface area (Å²) in [6.07, 6.45) is -1.21. The van der Waals surface area contributed by atoms with Crippen LogP contribution in [0.25, 0.3) is 21.5 Å². The molecule has 3 N–H and O–H groups in total. The number of azo groups is 1. The Kier molecular flexibility index (Phi) is 23.9. The van der Waals surface area contributed by atoms with Crippen LogP contribution in [0.5, 0.6) is 5.75 Å². The average molecular weight is 1020 g/mol. The molecule has 0 amide bonds. The molecule has 0 atom stereocenters. The molecule has 0 aliphatic carbocycles. The van der Waals surface area contributed by atoms with Gasteiger partial charge in [0.05, 0.1) is 44.0 Å². The number of nitrogens with zero attached hydrogens (tertiary/aromatic N) is 5. The van der Waals surface area contributed by atoms with E-state index in [1.54, 1.807) is 0 Å². The standard InChI is InChI=1S/C31H24FN7O16S5.4Na/c32-29-35-30(33-17-4-7-19(8-5-17)58(43,44)13-12-51-57-55-53-42)37-31(36-29)34-18-6-9-20-16(14-18)15-24(56-54-52-41)26(27(20)40)39-38-23-11-10-21-22(28(23)60(48,49)50)2-1-3-25(21)59(45,46)47;;;;/h1-11,14-15,40-42H,12-13H2,(H,45,46,47)(H,48,49,50)(H2,33,34,35,36,37);;;;/q;4*+1/p-4. The number of nitrogens with one attached hydrogen (secondary N) is 2. The van der Waals surface area contributed by atoms with Crippen LogP contribution in [0.1, 0.15) is 0 Å². The van der Waals surface area contributed by atoms with Crippen LogP contribution in [0, 0.1) is 6.08 Å². The number of aromatic hydroxyl groups is 1. The summed E-state index contributed by atoms with van der Waals surface area (Å²) >= 11 is 0.415. The zero-order valence-electron chi connectivity index (χ0n) is 33.1. The number of rotatable bonds is 18. The number of hydrogen-bond donors (Lipinski definition) is 3. The minimum absolute atomic E-state index is 0. The predicted octanol–water partition coefficient (Wildman–Crippen LogP) is -8.44. The maximum absolute atomic E-state index is 14.5. The Morgan fingerprint density at radius 3 is 1.97 bits per heavy atom. The Labute approximate surface area is 458 Å². The van der Waals surface area contributed by atoms with Crippen LogP contribution >= 0.6 is 24.4 Å². The first-order valence-electron chi connectivity index (χ1n) is 15.8. The smallest absolute Gasteiger partial charge is 0.744 e. The zero-order chi connectivity index (χ0) is 43.2. The van der Waals surface area contributed by atoms with Gasteiger partial charge in [-0.2, -0.15) is 23.7 Å². The van der Waals surface area contributed by atoms with E-state index < -0.39 is 74.2 Å². The average Bonchev–Trinajstić information content (AvgIpc) is 3.18. The molecule has 6 aromatic rings. The first-order chi connectivity index (χ1) is 28.5. The van der Waals surface area contributed by atoms with Crippen molar-refractivity contribution < 1.29 is 196 Å². The molecule has 0 radical (unpaired) electrons. The number of anilines is 4. The van der Waals surface area contributed by atoms with Gasteiger partial charge in [-0.05, 0) is 66.0 Å². The fraction of sp³-hybridized carbons (Fsp3) is 0.0645. The maximum atomic E-state index is 14.5. The summed E-state index contributed by atoms with van der Waals surface area (Å²) in [6, 6.07) is 15.8. The van der Waals surface area contributed by atoms with E-state index in [-0.39, 0.29) is 198 Å². The van der Waals surface area contributed by atoms with Crippen molar-refractivity contribution in [3.05, 3.63) is 84.9 Å². The van der Waals surface area contributed by atoms with Crippen LogP contribution in [0.15, 0.2) is 109 Å². The van der Waals surface area contributed by atoms with Crippen molar-refractivity contribution in [1.29, 1.82) is 0 Å². The summed E-state index contributed by atoms with van der Waals surface area (Å²) < 4.78 is 125. The van der Waals surface area contributed by atoms with E-state index in [0.717, 1.165) is 30.3 Å². The van der Waals surface area contributed by atoms with Gasteiger partial charge in [0, 0.05) is 27.5 Å². The van der Waals surface area contributed by atoms with Gasteiger partial charge in [-0.3, -0.25) is 14.3 Å². The molecule has 23 nitrogen and oxygen atoms in total. The molecule has 0 aliphatic rings. The zero-order valence-corrected chi connectivity index (χ0v) is 45.2. The molecule has 0 spiro atoms. The molecule has 1 heterocycles. The van der Waals surface area contributed by atoms with Crippen molar-refractivity contribution >= 4 is 111 Å².